The highest BCUT2D eigenvalue weighted by Gasteiger charge is 2.18. The lowest BCUT2D eigenvalue weighted by molar-refractivity contribution is 0.477. The molecule has 1 N–H and O–H groups in total. The standard InChI is InChI=1S/C19H24FN3O2S.HI/c1-3-21-19(23(2)15-16-9-5-4-6-10-16)22-13-14-26(24,25)18-12-8-7-11-17(18)20;/h4-12H,3,13-15H2,1-2H3,(H,21,22);1H. The lowest BCUT2D eigenvalue weighted by Gasteiger charge is -2.22. The van der Waals surface area contributed by atoms with E-state index in [1.807, 2.05) is 49.2 Å². The summed E-state index contributed by atoms with van der Waals surface area (Å²) in [7, 11) is -1.83. The van der Waals surface area contributed by atoms with Gasteiger partial charge in [-0.2, -0.15) is 0 Å². The van der Waals surface area contributed by atoms with E-state index in [0.29, 0.717) is 19.0 Å². The Balaban J connectivity index is 0.00000364. The second-order valence-corrected chi connectivity index (χ2v) is 7.90. The molecular weight excluding hydrogens is 480 g/mol. The van der Waals surface area contributed by atoms with E-state index in [9.17, 15) is 12.8 Å². The van der Waals surface area contributed by atoms with E-state index < -0.39 is 15.7 Å². The van der Waals surface area contributed by atoms with Crippen LogP contribution < -0.4 is 5.32 Å². The number of aliphatic imine (C=N–C) groups is 1. The summed E-state index contributed by atoms with van der Waals surface area (Å²) in [4.78, 5) is 6.03. The first-order valence-electron chi connectivity index (χ1n) is 8.44. The van der Waals surface area contributed by atoms with Crippen molar-refractivity contribution in [1.29, 1.82) is 0 Å². The van der Waals surface area contributed by atoms with Gasteiger partial charge in [-0.15, -0.1) is 24.0 Å². The van der Waals surface area contributed by atoms with Crippen LogP contribution in [0.1, 0.15) is 12.5 Å². The molecule has 8 heteroatoms. The molecule has 148 valence electrons. The number of halogens is 2. The van der Waals surface area contributed by atoms with E-state index in [1.165, 1.54) is 18.2 Å². The summed E-state index contributed by atoms with van der Waals surface area (Å²) in [5.41, 5.74) is 1.12. The Hall–Kier alpha value is -1.68. The van der Waals surface area contributed by atoms with Crippen LogP contribution in [0.25, 0.3) is 0 Å². The molecule has 0 bridgehead atoms. The Labute approximate surface area is 177 Å². The Morgan fingerprint density at radius 3 is 2.37 bits per heavy atom. The first-order valence-corrected chi connectivity index (χ1v) is 10.1. The van der Waals surface area contributed by atoms with Gasteiger partial charge < -0.3 is 10.2 Å². The summed E-state index contributed by atoms with van der Waals surface area (Å²) in [6, 6.07) is 15.3. The molecule has 0 heterocycles. The fraction of sp³-hybridized carbons (Fsp3) is 0.316. The molecule has 2 aromatic carbocycles. The van der Waals surface area contributed by atoms with Crippen molar-refractivity contribution in [3.05, 3.63) is 66.0 Å². The molecule has 0 aliphatic heterocycles. The number of nitrogens with zero attached hydrogens (tertiary/aromatic N) is 2. The number of guanidine groups is 1. The summed E-state index contributed by atoms with van der Waals surface area (Å²) in [5.74, 6) is -0.369. The Bertz CT molecular complexity index is 845. The van der Waals surface area contributed by atoms with Gasteiger partial charge in [0.15, 0.2) is 15.8 Å². The molecule has 0 radical (unpaired) electrons. The second kappa shape index (κ2) is 11.2. The average molecular weight is 505 g/mol. The monoisotopic (exact) mass is 505 g/mol. The molecule has 0 spiro atoms. The van der Waals surface area contributed by atoms with E-state index in [1.54, 1.807) is 0 Å². The van der Waals surface area contributed by atoms with E-state index in [0.717, 1.165) is 11.6 Å². The van der Waals surface area contributed by atoms with Crippen molar-refractivity contribution in [1.82, 2.24) is 10.2 Å². The average Bonchev–Trinajstić information content (AvgIpc) is 2.62. The molecule has 0 saturated heterocycles. The van der Waals surface area contributed by atoms with Gasteiger partial charge in [-0.05, 0) is 24.6 Å². The van der Waals surface area contributed by atoms with Crippen LogP contribution in [0, 0.1) is 5.82 Å². The van der Waals surface area contributed by atoms with Crippen LogP contribution in [-0.4, -0.2) is 45.2 Å². The van der Waals surface area contributed by atoms with E-state index in [-0.39, 0.29) is 41.2 Å². The fourth-order valence-corrected chi connectivity index (χ4v) is 3.68. The van der Waals surface area contributed by atoms with E-state index in [4.69, 9.17) is 0 Å². The minimum Gasteiger partial charge on any atom is -0.357 e. The van der Waals surface area contributed by atoms with Crippen molar-refractivity contribution in [3.63, 3.8) is 0 Å². The molecule has 0 aliphatic rings. The summed E-state index contributed by atoms with van der Waals surface area (Å²) < 4.78 is 38.3. The zero-order valence-corrected chi connectivity index (χ0v) is 18.6. The smallest absolute Gasteiger partial charge is 0.193 e. The number of nitrogens with one attached hydrogen (secondary N) is 1. The molecule has 2 aromatic rings. The molecule has 0 amide bonds. The third-order valence-electron chi connectivity index (χ3n) is 3.75. The summed E-state index contributed by atoms with van der Waals surface area (Å²) in [6.45, 7) is 3.31. The normalized spacial score (nSPS) is 11.6. The maximum Gasteiger partial charge on any atom is 0.193 e. The molecule has 2 rings (SSSR count). The van der Waals surface area contributed by atoms with Gasteiger partial charge >= 0.3 is 0 Å². The highest BCUT2D eigenvalue weighted by molar-refractivity contribution is 14.0. The largest absolute Gasteiger partial charge is 0.357 e. The van der Waals surface area contributed by atoms with Crippen LogP contribution in [-0.2, 0) is 16.4 Å². The van der Waals surface area contributed by atoms with Crippen molar-refractivity contribution >= 4 is 39.8 Å². The lowest BCUT2D eigenvalue weighted by atomic mass is 10.2. The van der Waals surface area contributed by atoms with E-state index >= 15 is 0 Å². The maximum atomic E-state index is 13.7. The lowest BCUT2D eigenvalue weighted by Crippen LogP contribution is -2.38. The zero-order valence-electron chi connectivity index (χ0n) is 15.4. The third kappa shape index (κ3) is 7.10. The molecule has 0 atom stereocenters. The predicted octanol–water partition coefficient (Wildman–Crippen LogP) is 3.31. The molecule has 27 heavy (non-hydrogen) atoms. The summed E-state index contributed by atoms with van der Waals surface area (Å²) in [6.07, 6.45) is 0. The number of hydrogen-bond donors (Lipinski definition) is 1. The summed E-state index contributed by atoms with van der Waals surface area (Å²) in [5, 5.41) is 3.15. The van der Waals surface area contributed by atoms with Crippen molar-refractivity contribution in [2.45, 2.75) is 18.4 Å². The molecular formula is C19H25FIN3O2S. The molecule has 0 saturated carbocycles. The molecule has 5 nitrogen and oxygen atoms in total. The van der Waals surface area contributed by atoms with Gasteiger partial charge in [0.1, 0.15) is 10.7 Å². The van der Waals surface area contributed by atoms with Crippen molar-refractivity contribution < 1.29 is 12.8 Å². The third-order valence-corrected chi connectivity index (χ3v) is 5.47. The fourth-order valence-electron chi connectivity index (χ4n) is 2.48. The highest BCUT2D eigenvalue weighted by atomic mass is 127. The molecule has 0 unspecified atom stereocenters. The molecule has 0 fully saturated rings. The van der Waals surface area contributed by atoms with Crippen LogP contribution in [0.2, 0.25) is 0 Å². The van der Waals surface area contributed by atoms with Crippen molar-refractivity contribution in [2.24, 2.45) is 4.99 Å². The first kappa shape index (κ1) is 23.4. The van der Waals surface area contributed by atoms with Gasteiger partial charge in [-0.3, -0.25) is 4.99 Å². The van der Waals surface area contributed by atoms with Gasteiger partial charge in [-0.1, -0.05) is 42.5 Å². The van der Waals surface area contributed by atoms with Crippen LogP contribution >= 0.6 is 24.0 Å². The predicted molar refractivity (Wildman–Crippen MR) is 118 cm³/mol. The quantitative estimate of drug-likeness (QED) is 0.357. The number of rotatable bonds is 7. The minimum absolute atomic E-state index is 0. The van der Waals surface area contributed by atoms with Crippen molar-refractivity contribution in [3.8, 4) is 0 Å². The topological polar surface area (TPSA) is 61.8 Å². The second-order valence-electron chi connectivity index (χ2n) is 5.83. The Morgan fingerprint density at radius 1 is 1.11 bits per heavy atom. The van der Waals surface area contributed by atoms with Gasteiger partial charge in [0.05, 0.1) is 12.3 Å². The maximum absolute atomic E-state index is 13.7. The Morgan fingerprint density at radius 2 is 1.74 bits per heavy atom. The SMILES string of the molecule is CCNC(=NCCS(=O)(=O)c1ccccc1F)N(C)Cc1ccccc1.I. The van der Waals surface area contributed by atoms with Gasteiger partial charge in [-0.25, -0.2) is 12.8 Å². The van der Waals surface area contributed by atoms with Crippen LogP contribution in [0.15, 0.2) is 64.5 Å². The van der Waals surface area contributed by atoms with Gasteiger partial charge in [0.2, 0.25) is 0 Å². The Kier molecular flexibility index (Phi) is 9.71. The minimum atomic E-state index is -3.71. The first-order chi connectivity index (χ1) is 12.4. The summed E-state index contributed by atoms with van der Waals surface area (Å²) >= 11 is 0. The number of hydrogen-bond acceptors (Lipinski definition) is 3. The van der Waals surface area contributed by atoms with Crippen LogP contribution in [0.4, 0.5) is 4.39 Å². The zero-order chi connectivity index (χ0) is 19.0. The molecule has 0 aliphatic carbocycles. The van der Waals surface area contributed by atoms with Gasteiger partial charge in [0, 0.05) is 20.1 Å². The van der Waals surface area contributed by atoms with Crippen molar-refractivity contribution in [2.75, 3.05) is 25.9 Å². The van der Waals surface area contributed by atoms with Crippen LogP contribution in [0.3, 0.4) is 0 Å². The van der Waals surface area contributed by atoms with Gasteiger partial charge in [0.25, 0.3) is 0 Å². The van der Waals surface area contributed by atoms with E-state index in [2.05, 4.69) is 10.3 Å². The number of sulfone groups is 1. The number of benzene rings is 2. The van der Waals surface area contributed by atoms with Crippen LogP contribution in [0.5, 0.6) is 0 Å². The molecule has 0 aromatic heterocycles. The highest BCUT2D eigenvalue weighted by Crippen LogP contribution is 2.15.